The van der Waals surface area contributed by atoms with Gasteiger partial charge in [0.1, 0.15) is 23.0 Å². The van der Waals surface area contributed by atoms with Gasteiger partial charge in [0, 0.05) is 23.6 Å². The molecule has 0 aliphatic heterocycles. The standard InChI is InChI=1S/C25H25N3O11S2/c1-36-18-13-23(38-3)19(24(14-18)39-4)9-10-40(33)15-16-5-7-22(37-2)20(11-16)26-41(34,35)25-8-6-17(27(29)30)12-21(25)28(31)32/h5-14,26H,15H2,1-4H3/b10-9+. The maximum Gasteiger partial charge on any atom is 0.296 e. The lowest BCUT2D eigenvalue weighted by Gasteiger charge is -2.14. The van der Waals surface area contributed by atoms with E-state index in [9.17, 15) is 32.9 Å². The molecule has 0 aromatic heterocycles. The lowest BCUT2D eigenvalue weighted by molar-refractivity contribution is -0.396. The van der Waals surface area contributed by atoms with Crippen molar-refractivity contribution in [2.75, 3.05) is 33.2 Å². The Balaban J connectivity index is 1.90. The summed E-state index contributed by atoms with van der Waals surface area (Å²) in [4.78, 5) is 19.8. The maximum absolute atomic E-state index is 13.1. The van der Waals surface area contributed by atoms with Gasteiger partial charge in [0.25, 0.3) is 21.4 Å². The molecule has 3 rings (SSSR count). The summed E-state index contributed by atoms with van der Waals surface area (Å²) in [5, 5.41) is 23.9. The van der Waals surface area contributed by atoms with Crippen LogP contribution in [0.5, 0.6) is 23.0 Å². The van der Waals surface area contributed by atoms with Crippen molar-refractivity contribution in [2.24, 2.45) is 0 Å². The Kier molecular flexibility index (Phi) is 9.85. The topological polar surface area (TPSA) is 186 Å². The van der Waals surface area contributed by atoms with E-state index in [1.54, 1.807) is 24.3 Å². The van der Waals surface area contributed by atoms with Crippen molar-refractivity contribution in [3.8, 4) is 23.0 Å². The first-order valence-electron chi connectivity index (χ1n) is 11.4. The van der Waals surface area contributed by atoms with Gasteiger partial charge < -0.3 is 18.9 Å². The summed E-state index contributed by atoms with van der Waals surface area (Å²) in [6, 6.07) is 9.84. The first-order valence-corrected chi connectivity index (χ1v) is 14.3. The fourth-order valence-electron chi connectivity index (χ4n) is 3.67. The SMILES string of the molecule is COc1cc(OC)c(/C=C/S(=O)Cc2ccc(OC)c(NS(=O)(=O)c3ccc([N+](=O)[O-])cc3[N+](=O)[O-])c2)c(OC)c1. The minimum Gasteiger partial charge on any atom is -0.496 e. The van der Waals surface area contributed by atoms with Crippen LogP contribution in [0, 0.1) is 20.2 Å². The molecule has 41 heavy (non-hydrogen) atoms. The van der Waals surface area contributed by atoms with Gasteiger partial charge >= 0.3 is 0 Å². The zero-order valence-electron chi connectivity index (χ0n) is 22.2. The Morgan fingerprint density at radius 1 is 0.854 bits per heavy atom. The molecule has 14 nitrogen and oxygen atoms in total. The van der Waals surface area contributed by atoms with E-state index < -0.39 is 46.9 Å². The van der Waals surface area contributed by atoms with Crippen molar-refractivity contribution in [1.82, 2.24) is 0 Å². The van der Waals surface area contributed by atoms with Crippen LogP contribution in [0.4, 0.5) is 17.1 Å². The second-order valence-electron chi connectivity index (χ2n) is 8.08. The lowest BCUT2D eigenvalue weighted by atomic mass is 10.1. The average Bonchev–Trinajstić information content (AvgIpc) is 2.95. The van der Waals surface area contributed by atoms with E-state index in [-0.39, 0.29) is 17.2 Å². The summed E-state index contributed by atoms with van der Waals surface area (Å²) >= 11 is 0. The minimum atomic E-state index is -4.60. The lowest BCUT2D eigenvalue weighted by Crippen LogP contribution is -2.16. The molecule has 1 unspecified atom stereocenters. The molecule has 0 aliphatic rings. The molecular weight excluding hydrogens is 582 g/mol. The summed E-state index contributed by atoms with van der Waals surface area (Å²) in [6.07, 6.45) is 1.56. The minimum absolute atomic E-state index is 0.0340. The van der Waals surface area contributed by atoms with Crippen LogP contribution in [0.3, 0.4) is 0 Å². The number of sulfonamides is 1. The molecule has 1 N–H and O–H groups in total. The normalized spacial score (nSPS) is 12.0. The number of non-ortho nitro benzene ring substituents is 1. The molecule has 0 amide bonds. The van der Waals surface area contributed by atoms with Crippen LogP contribution < -0.4 is 23.7 Å². The maximum atomic E-state index is 13.1. The van der Waals surface area contributed by atoms with Crippen molar-refractivity contribution in [3.05, 3.63) is 85.3 Å². The van der Waals surface area contributed by atoms with Crippen LogP contribution in [-0.4, -0.2) is 50.9 Å². The molecule has 1 atom stereocenters. The molecule has 0 saturated carbocycles. The van der Waals surface area contributed by atoms with Crippen LogP contribution in [0.15, 0.2) is 58.8 Å². The van der Waals surface area contributed by atoms with Gasteiger partial charge in [0.05, 0.1) is 72.2 Å². The van der Waals surface area contributed by atoms with E-state index in [1.165, 1.54) is 46.0 Å². The number of nitro benzene ring substituents is 2. The van der Waals surface area contributed by atoms with Gasteiger partial charge in [-0.2, -0.15) is 0 Å². The van der Waals surface area contributed by atoms with Gasteiger partial charge in [-0.25, -0.2) is 8.42 Å². The van der Waals surface area contributed by atoms with Gasteiger partial charge in [-0.05, 0) is 29.8 Å². The monoisotopic (exact) mass is 607 g/mol. The fourth-order valence-corrected chi connectivity index (χ4v) is 5.77. The Hall–Kier alpha value is -4.70. The third-order valence-electron chi connectivity index (χ3n) is 5.60. The van der Waals surface area contributed by atoms with Gasteiger partial charge in [-0.15, -0.1) is 0 Å². The van der Waals surface area contributed by atoms with E-state index in [1.807, 2.05) is 0 Å². The van der Waals surface area contributed by atoms with Crippen molar-refractivity contribution < 1.29 is 41.4 Å². The third-order valence-corrected chi connectivity index (χ3v) is 8.07. The smallest absolute Gasteiger partial charge is 0.296 e. The molecule has 3 aromatic rings. The van der Waals surface area contributed by atoms with Gasteiger partial charge in [0.2, 0.25) is 0 Å². The Morgan fingerprint density at radius 3 is 2.02 bits per heavy atom. The summed E-state index contributed by atoms with van der Waals surface area (Å²) < 4.78 is 62.5. The molecule has 16 heteroatoms. The highest BCUT2D eigenvalue weighted by Gasteiger charge is 2.29. The first kappa shape index (κ1) is 30.8. The Morgan fingerprint density at radius 2 is 1.49 bits per heavy atom. The molecule has 0 fully saturated rings. The molecule has 0 saturated heterocycles. The third kappa shape index (κ3) is 7.29. The Labute approximate surface area is 237 Å². The highest BCUT2D eigenvalue weighted by molar-refractivity contribution is 7.92. The number of nitro groups is 2. The van der Waals surface area contributed by atoms with Gasteiger partial charge in [0.15, 0.2) is 4.90 Å². The molecule has 0 radical (unpaired) electrons. The largest absolute Gasteiger partial charge is 0.496 e. The van der Waals surface area contributed by atoms with E-state index in [0.717, 1.165) is 12.1 Å². The molecule has 218 valence electrons. The summed E-state index contributed by atoms with van der Waals surface area (Å²) in [7, 11) is -0.469. The number of ether oxygens (including phenoxy) is 4. The van der Waals surface area contributed by atoms with E-state index in [2.05, 4.69) is 4.72 Å². The van der Waals surface area contributed by atoms with Crippen LogP contribution >= 0.6 is 0 Å². The molecule has 3 aromatic carbocycles. The molecule has 0 heterocycles. The van der Waals surface area contributed by atoms with Crippen molar-refractivity contribution in [3.63, 3.8) is 0 Å². The van der Waals surface area contributed by atoms with E-state index >= 15 is 0 Å². The number of hydrogen-bond donors (Lipinski definition) is 1. The Bertz CT molecular complexity index is 1610. The summed E-state index contributed by atoms with van der Waals surface area (Å²) in [6.45, 7) is 0. The average molecular weight is 608 g/mol. The second kappa shape index (κ2) is 13.1. The molecule has 0 spiro atoms. The highest BCUT2D eigenvalue weighted by Crippen LogP contribution is 2.36. The number of anilines is 1. The molecule has 0 bridgehead atoms. The summed E-state index contributed by atoms with van der Waals surface area (Å²) in [5.74, 6) is 1.40. The predicted octanol–water partition coefficient (Wildman–Crippen LogP) is 4.26. The van der Waals surface area contributed by atoms with Crippen LogP contribution in [0.25, 0.3) is 6.08 Å². The number of rotatable bonds is 13. The summed E-state index contributed by atoms with van der Waals surface area (Å²) in [5.41, 5.74) is -0.736. The van der Waals surface area contributed by atoms with Gasteiger partial charge in [-0.1, -0.05) is 6.07 Å². The molecule has 0 aliphatic carbocycles. The van der Waals surface area contributed by atoms with E-state index in [4.69, 9.17) is 18.9 Å². The fraction of sp³-hybridized carbons (Fsp3) is 0.200. The zero-order valence-corrected chi connectivity index (χ0v) is 23.8. The molecular formula is C25H25N3O11S2. The van der Waals surface area contributed by atoms with Gasteiger partial charge in [-0.3, -0.25) is 29.2 Å². The highest BCUT2D eigenvalue weighted by atomic mass is 32.2. The number of nitrogens with zero attached hydrogens (tertiary/aromatic N) is 2. The number of hydrogen-bond acceptors (Lipinski definition) is 11. The number of nitrogens with one attached hydrogen (secondary N) is 1. The van der Waals surface area contributed by atoms with Crippen molar-refractivity contribution in [1.29, 1.82) is 0 Å². The predicted molar refractivity (Wildman–Crippen MR) is 151 cm³/mol. The van der Waals surface area contributed by atoms with Crippen molar-refractivity contribution >= 4 is 44.0 Å². The first-order chi connectivity index (χ1) is 19.4. The number of benzene rings is 3. The number of methoxy groups -OCH3 is 4. The quantitative estimate of drug-likeness (QED) is 0.216. The van der Waals surface area contributed by atoms with E-state index in [0.29, 0.717) is 34.4 Å². The van der Waals surface area contributed by atoms with Crippen molar-refractivity contribution in [2.45, 2.75) is 10.6 Å². The van der Waals surface area contributed by atoms with Crippen LogP contribution in [-0.2, 0) is 26.6 Å². The zero-order chi connectivity index (χ0) is 30.3. The van der Waals surface area contributed by atoms with Crippen LogP contribution in [0.2, 0.25) is 0 Å². The second-order valence-corrected chi connectivity index (χ2v) is 11.1. The van der Waals surface area contributed by atoms with Crippen LogP contribution in [0.1, 0.15) is 11.1 Å².